The summed E-state index contributed by atoms with van der Waals surface area (Å²) in [5.74, 6) is 1.14. The molecular formula is C26H29N9O2. The largest absolute Gasteiger partial charge is 0.443 e. The molecule has 0 bridgehead atoms. The van der Waals surface area contributed by atoms with Gasteiger partial charge >= 0.3 is 6.09 Å². The zero-order chi connectivity index (χ0) is 26.3. The van der Waals surface area contributed by atoms with Gasteiger partial charge in [-0.25, -0.2) is 19.3 Å². The maximum atomic E-state index is 11.4. The van der Waals surface area contributed by atoms with Crippen LogP contribution < -0.4 is 10.6 Å². The lowest BCUT2D eigenvalue weighted by atomic mass is 9.83. The number of nitrogens with two attached hydrogens (primary N) is 1. The molecule has 1 aliphatic rings. The van der Waals surface area contributed by atoms with Gasteiger partial charge in [0.15, 0.2) is 0 Å². The topological polar surface area (TPSA) is 140 Å². The highest BCUT2D eigenvalue weighted by Crippen LogP contribution is 2.36. The SMILES string of the molecule is CC(C)C1CC(C)(OC(N)=O)CCN1c1ccc(-c2nc(-c3cnn(C)c3)cn3ncc(C#N)c23)cn1. The summed E-state index contributed by atoms with van der Waals surface area (Å²) in [4.78, 5) is 23.4. The second-order valence-electron chi connectivity index (χ2n) is 10.1. The third kappa shape index (κ3) is 4.58. The lowest BCUT2D eigenvalue weighted by molar-refractivity contribution is -0.00192. The van der Waals surface area contributed by atoms with Gasteiger partial charge in [0.1, 0.15) is 28.6 Å². The van der Waals surface area contributed by atoms with Crippen molar-refractivity contribution in [3.8, 4) is 28.6 Å². The van der Waals surface area contributed by atoms with Gasteiger partial charge in [-0.1, -0.05) is 13.8 Å². The summed E-state index contributed by atoms with van der Waals surface area (Å²) in [6.07, 6.45) is 9.31. The molecular weight excluding hydrogens is 470 g/mol. The number of nitriles is 1. The number of hydrogen-bond donors (Lipinski definition) is 1. The van der Waals surface area contributed by atoms with E-state index in [1.165, 1.54) is 0 Å². The highest BCUT2D eigenvalue weighted by molar-refractivity contribution is 5.83. The lowest BCUT2D eigenvalue weighted by Crippen LogP contribution is -2.53. The molecule has 0 aliphatic carbocycles. The fourth-order valence-corrected chi connectivity index (χ4v) is 5.08. The first-order valence-corrected chi connectivity index (χ1v) is 12.2. The van der Waals surface area contributed by atoms with Crippen LogP contribution in [0.15, 0.2) is 43.1 Å². The Morgan fingerprint density at radius 1 is 1.22 bits per heavy atom. The van der Waals surface area contributed by atoms with Crippen molar-refractivity contribution in [2.24, 2.45) is 18.7 Å². The van der Waals surface area contributed by atoms with Crippen molar-refractivity contribution in [1.82, 2.24) is 29.4 Å². The number of pyridine rings is 1. The zero-order valence-corrected chi connectivity index (χ0v) is 21.3. The lowest BCUT2D eigenvalue weighted by Gasteiger charge is -2.46. The quantitative estimate of drug-likeness (QED) is 0.440. The number of carbonyl (C=O) groups is 1. The van der Waals surface area contributed by atoms with E-state index in [9.17, 15) is 10.1 Å². The van der Waals surface area contributed by atoms with Crippen LogP contribution in [0.4, 0.5) is 10.6 Å². The molecule has 1 amide bonds. The zero-order valence-electron chi connectivity index (χ0n) is 21.3. The Hall–Kier alpha value is -4.46. The molecule has 4 aromatic rings. The van der Waals surface area contributed by atoms with E-state index in [1.54, 1.807) is 34.0 Å². The summed E-state index contributed by atoms with van der Waals surface area (Å²) in [5, 5.41) is 18.3. The maximum Gasteiger partial charge on any atom is 0.405 e. The fraction of sp³-hybridized carbons (Fsp3) is 0.385. The van der Waals surface area contributed by atoms with Crippen LogP contribution in [0.2, 0.25) is 0 Å². The van der Waals surface area contributed by atoms with Crippen LogP contribution in [0.1, 0.15) is 39.2 Å². The van der Waals surface area contributed by atoms with Crippen LogP contribution in [0.25, 0.3) is 28.0 Å². The Bertz CT molecular complexity index is 1500. The number of aryl methyl sites for hydroxylation is 1. The summed E-state index contributed by atoms with van der Waals surface area (Å²) < 4.78 is 8.86. The molecule has 37 heavy (non-hydrogen) atoms. The maximum absolute atomic E-state index is 11.4. The number of aromatic nitrogens is 6. The van der Waals surface area contributed by atoms with E-state index in [-0.39, 0.29) is 6.04 Å². The van der Waals surface area contributed by atoms with E-state index in [2.05, 4.69) is 35.0 Å². The third-order valence-electron chi connectivity index (χ3n) is 6.97. The van der Waals surface area contributed by atoms with E-state index in [4.69, 9.17) is 20.4 Å². The van der Waals surface area contributed by atoms with Crippen LogP contribution in [0.5, 0.6) is 0 Å². The molecule has 2 atom stereocenters. The van der Waals surface area contributed by atoms with Crippen LogP contribution >= 0.6 is 0 Å². The van der Waals surface area contributed by atoms with Crippen LogP contribution in [0, 0.1) is 17.2 Å². The molecule has 1 fully saturated rings. The second-order valence-corrected chi connectivity index (χ2v) is 10.1. The molecule has 0 radical (unpaired) electrons. The van der Waals surface area contributed by atoms with Crippen molar-refractivity contribution >= 4 is 17.4 Å². The van der Waals surface area contributed by atoms with Gasteiger partial charge < -0.3 is 15.4 Å². The first-order valence-electron chi connectivity index (χ1n) is 12.2. The summed E-state index contributed by atoms with van der Waals surface area (Å²) >= 11 is 0. The van der Waals surface area contributed by atoms with Crippen molar-refractivity contribution in [2.45, 2.75) is 45.3 Å². The smallest absolute Gasteiger partial charge is 0.405 e. The number of amides is 1. The van der Waals surface area contributed by atoms with Gasteiger partial charge in [-0.3, -0.25) is 4.68 Å². The molecule has 0 aromatic carbocycles. The molecule has 0 spiro atoms. The van der Waals surface area contributed by atoms with E-state index >= 15 is 0 Å². The molecule has 2 unspecified atom stereocenters. The summed E-state index contributed by atoms with van der Waals surface area (Å²) in [5.41, 5.74) is 8.72. The van der Waals surface area contributed by atoms with Gasteiger partial charge in [0.05, 0.1) is 30.0 Å². The number of hydrogen-bond acceptors (Lipinski definition) is 8. The number of rotatable bonds is 5. The Labute approximate surface area is 214 Å². The number of fused-ring (bicyclic) bond motifs is 1. The molecule has 190 valence electrons. The number of piperidine rings is 1. The number of nitrogens with zero attached hydrogens (tertiary/aromatic N) is 8. The Morgan fingerprint density at radius 3 is 2.65 bits per heavy atom. The predicted molar refractivity (Wildman–Crippen MR) is 137 cm³/mol. The number of ether oxygens (including phenoxy) is 1. The molecule has 2 N–H and O–H groups in total. The van der Waals surface area contributed by atoms with Crippen LogP contribution in [-0.2, 0) is 11.8 Å². The highest BCUT2D eigenvalue weighted by atomic mass is 16.6. The van der Waals surface area contributed by atoms with E-state index in [0.29, 0.717) is 47.8 Å². The molecule has 1 aliphatic heterocycles. The third-order valence-corrected chi connectivity index (χ3v) is 6.97. The first-order chi connectivity index (χ1) is 17.7. The number of carbonyl (C=O) groups excluding carboxylic acids is 1. The average molecular weight is 500 g/mol. The van der Waals surface area contributed by atoms with E-state index in [1.807, 2.05) is 32.3 Å². The molecule has 5 rings (SSSR count). The normalized spacial score (nSPS) is 19.8. The molecule has 0 saturated carbocycles. The molecule has 11 nitrogen and oxygen atoms in total. The van der Waals surface area contributed by atoms with Gasteiger partial charge in [-0.05, 0) is 25.0 Å². The van der Waals surface area contributed by atoms with Gasteiger partial charge in [0, 0.05) is 56.0 Å². The molecule has 11 heteroatoms. The summed E-state index contributed by atoms with van der Waals surface area (Å²) in [7, 11) is 1.85. The fourth-order valence-electron chi connectivity index (χ4n) is 5.08. The molecule has 5 heterocycles. The van der Waals surface area contributed by atoms with Crippen molar-refractivity contribution < 1.29 is 9.53 Å². The van der Waals surface area contributed by atoms with E-state index < -0.39 is 11.7 Å². The minimum Gasteiger partial charge on any atom is -0.443 e. The Balaban J connectivity index is 1.51. The highest BCUT2D eigenvalue weighted by Gasteiger charge is 2.40. The number of anilines is 1. The standard InChI is InChI=1S/C26H29N9O2/c1-16(2)21-9-26(3,37-25(28)36)7-8-34(21)22-6-5-17(11-29-22)23-24-18(10-27)12-31-35(24)15-20(32-23)19-13-30-33(4)14-19/h5-6,11-16,21H,7-9H2,1-4H3,(H2,28,36). The van der Waals surface area contributed by atoms with Crippen molar-refractivity contribution in [2.75, 3.05) is 11.4 Å². The molecule has 1 saturated heterocycles. The minimum absolute atomic E-state index is 0.121. The Kier molecular flexibility index (Phi) is 6.03. The van der Waals surface area contributed by atoms with Gasteiger partial charge in [-0.15, -0.1) is 0 Å². The van der Waals surface area contributed by atoms with Crippen molar-refractivity contribution in [3.63, 3.8) is 0 Å². The summed E-state index contributed by atoms with van der Waals surface area (Å²) in [6, 6.07) is 6.27. The van der Waals surface area contributed by atoms with Crippen molar-refractivity contribution in [3.05, 3.63) is 48.7 Å². The Morgan fingerprint density at radius 2 is 2.03 bits per heavy atom. The van der Waals surface area contributed by atoms with Crippen LogP contribution in [0.3, 0.4) is 0 Å². The van der Waals surface area contributed by atoms with Gasteiger partial charge in [0.25, 0.3) is 0 Å². The van der Waals surface area contributed by atoms with E-state index in [0.717, 1.165) is 16.9 Å². The van der Waals surface area contributed by atoms with Gasteiger partial charge in [0.2, 0.25) is 0 Å². The average Bonchev–Trinajstić information content (AvgIpc) is 3.49. The monoisotopic (exact) mass is 499 g/mol. The second kappa shape index (κ2) is 9.20. The summed E-state index contributed by atoms with van der Waals surface area (Å²) in [6.45, 7) is 6.91. The molecule has 4 aromatic heterocycles. The van der Waals surface area contributed by atoms with Crippen molar-refractivity contribution in [1.29, 1.82) is 5.26 Å². The predicted octanol–water partition coefficient (Wildman–Crippen LogP) is 3.54. The number of primary amides is 1. The van der Waals surface area contributed by atoms with Crippen LogP contribution in [-0.4, -0.2) is 53.6 Å². The van der Waals surface area contributed by atoms with Gasteiger partial charge in [-0.2, -0.15) is 15.5 Å². The first kappa shape index (κ1) is 24.2. The minimum atomic E-state index is -0.745.